The fourth-order valence-corrected chi connectivity index (χ4v) is 2.51. The maximum atomic E-state index is 10.7. The molecule has 1 aromatic heterocycles. The Balaban J connectivity index is 1.81. The number of ether oxygens (including phenoxy) is 1. The van der Waals surface area contributed by atoms with Crippen molar-refractivity contribution >= 4 is 22.4 Å². The molecule has 2 heterocycles. The molecule has 1 saturated heterocycles. The first-order valence-corrected chi connectivity index (χ1v) is 6.77. The Hall–Kier alpha value is -1.18. The second kappa shape index (κ2) is 6.12. The fraction of sp³-hybridized carbons (Fsp3) is 0.636. The zero-order valence-corrected chi connectivity index (χ0v) is 11.1. The highest BCUT2D eigenvalue weighted by Gasteiger charge is 2.19. The van der Waals surface area contributed by atoms with E-state index in [0.717, 1.165) is 37.6 Å². The molecule has 7 heteroatoms. The molecular weight excluding hydrogens is 254 g/mol. The van der Waals surface area contributed by atoms with Gasteiger partial charge in [-0.3, -0.25) is 4.90 Å². The van der Waals surface area contributed by atoms with E-state index in [1.807, 2.05) is 0 Å². The number of hydrogen-bond donors (Lipinski definition) is 2. The van der Waals surface area contributed by atoms with Crippen LogP contribution in [0.2, 0.25) is 0 Å². The molecule has 18 heavy (non-hydrogen) atoms. The number of likely N-dealkylation sites (N-methyl/N-ethyl adjacent to an activating group) is 1. The molecule has 1 fully saturated rings. The van der Waals surface area contributed by atoms with Crippen LogP contribution in [0.25, 0.3) is 0 Å². The Kier molecular flexibility index (Phi) is 4.51. The normalized spacial score (nSPS) is 20.8. The molecule has 0 aliphatic carbocycles. The number of hydrogen-bond acceptors (Lipinski definition) is 6. The van der Waals surface area contributed by atoms with E-state index in [4.69, 9.17) is 9.84 Å². The molecule has 2 N–H and O–H groups in total. The van der Waals surface area contributed by atoms with Crippen LogP contribution in [0.3, 0.4) is 0 Å². The van der Waals surface area contributed by atoms with Gasteiger partial charge in [0.1, 0.15) is 4.88 Å². The zero-order chi connectivity index (χ0) is 13.0. The maximum absolute atomic E-state index is 10.7. The van der Waals surface area contributed by atoms with Crippen molar-refractivity contribution in [2.75, 3.05) is 38.1 Å². The number of aromatic nitrogens is 1. The predicted molar refractivity (Wildman–Crippen MR) is 69.4 cm³/mol. The van der Waals surface area contributed by atoms with Gasteiger partial charge in [-0.25, -0.2) is 9.78 Å². The van der Waals surface area contributed by atoms with E-state index in [0.29, 0.717) is 11.7 Å². The van der Waals surface area contributed by atoms with Gasteiger partial charge in [0.25, 0.3) is 0 Å². The smallest absolute Gasteiger partial charge is 0.347 e. The summed E-state index contributed by atoms with van der Waals surface area (Å²) in [6, 6.07) is 0. The number of carboxylic acids is 1. The SMILES string of the molecule is CCN1CCOC(CNc2ncc(C(=O)O)s2)C1. The third-order valence-electron chi connectivity index (χ3n) is 2.87. The number of thiazole rings is 1. The van der Waals surface area contributed by atoms with Gasteiger partial charge in [-0.2, -0.15) is 0 Å². The van der Waals surface area contributed by atoms with Crippen LogP contribution in [0.4, 0.5) is 5.13 Å². The van der Waals surface area contributed by atoms with Gasteiger partial charge >= 0.3 is 5.97 Å². The predicted octanol–water partition coefficient (Wildman–Crippen LogP) is 0.974. The molecule has 2 rings (SSSR count). The second-order valence-electron chi connectivity index (χ2n) is 4.10. The minimum Gasteiger partial charge on any atom is -0.477 e. The molecule has 1 atom stereocenters. The first-order valence-electron chi connectivity index (χ1n) is 5.96. The van der Waals surface area contributed by atoms with Crippen LogP contribution in [-0.4, -0.2) is 59.8 Å². The van der Waals surface area contributed by atoms with Crippen molar-refractivity contribution in [3.8, 4) is 0 Å². The molecule has 0 amide bonds. The van der Waals surface area contributed by atoms with Crippen LogP contribution < -0.4 is 5.32 Å². The molecule has 0 spiro atoms. The van der Waals surface area contributed by atoms with E-state index in [2.05, 4.69) is 22.1 Å². The molecule has 100 valence electrons. The van der Waals surface area contributed by atoms with E-state index >= 15 is 0 Å². The Morgan fingerprint density at radius 3 is 3.28 bits per heavy atom. The monoisotopic (exact) mass is 271 g/mol. The molecule has 6 nitrogen and oxygen atoms in total. The average Bonchev–Trinajstić information content (AvgIpc) is 2.85. The Bertz CT molecular complexity index is 410. The number of carbonyl (C=O) groups is 1. The molecule has 1 aliphatic heterocycles. The summed E-state index contributed by atoms with van der Waals surface area (Å²) in [7, 11) is 0. The summed E-state index contributed by atoms with van der Waals surface area (Å²) < 4.78 is 5.64. The van der Waals surface area contributed by atoms with Gasteiger partial charge in [0.2, 0.25) is 0 Å². The standard InChI is InChI=1S/C11H17N3O3S/c1-2-14-3-4-17-8(7-14)5-12-11-13-6-9(18-11)10(15)16/h6,8H,2-5,7H2,1H3,(H,12,13)(H,15,16). The van der Waals surface area contributed by atoms with Gasteiger partial charge in [-0.15, -0.1) is 0 Å². The molecule has 0 aromatic carbocycles. The van der Waals surface area contributed by atoms with E-state index in [-0.39, 0.29) is 11.0 Å². The number of aromatic carboxylic acids is 1. The molecule has 1 aromatic rings. The van der Waals surface area contributed by atoms with Gasteiger partial charge in [0.05, 0.1) is 18.9 Å². The molecule has 0 bridgehead atoms. The average molecular weight is 271 g/mol. The molecular formula is C11H17N3O3S. The van der Waals surface area contributed by atoms with Crippen molar-refractivity contribution in [3.05, 3.63) is 11.1 Å². The van der Waals surface area contributed by atoms with Crippen LogP contribution in [0.5, 0.6) is 0 Å². The van der Waals surface area contributed by atoms with E-state index in [9.17, 15) is 4.79 Å². The van der Waals surface area contributed by atoms with Crippen LogP contribution in [-0.2, 0) is 4.74 Å². The summed E-state index contributed by atoms with van der Waals surface area (Å²) in [5.74, 6) is -0.938. The van der Waals surface area contributed by atoms with Crippen molar-refractivity contribution in [1.82, 2.24) is 9.88 Å². The van der Waals surface area contributed by atoms with Crippen LogP contribution in [0.15, 0.2) is 6.20 Å². The molecule has 1 aliphatic rings. The lowest BCUT2D eigenvalue weighted by Crippen LogP contribution is -2.45. The van der Waals surface area contributed by atoms with E-state index in [1.165, 1.54) is 6.20 Å². The van der Waals surface area contributed by atoms with Crippen molar-refractivity contribution in [2.24, 2.45) is 0 Å². The number of carboxylic acid groups (broad SMARTS) is 1. The second-order valence-corrected chi connectivity index (χ2v) is 5.13. The highest BCUT2D eigenvalue weighted by Crippen LogP contribution is 2.18. The lowest BCUT2D eigenvalue weighted by atomic mass is 10.2. The Morgan fingerprint density at radius 1 is 1.78 bits per heavy atom. The Morgan fingerprint density at radius 2 is 2.61 bits per heavy atom. The van der Waals surface area contributed by atoms with Gasteiger partial charge in [-0.1, -0.05) is 18.3 Å². The maximum Gasteiger partial charge on any atom is 0.347 e. The van der Waals surface area contributed by atoms with E-state index < -0.39 is 5.97 Å². The summed E-state index contributed by atoms with van der Waals surface area (Å²) in [5, 5.41) is 12.5. The van der Waals surface area contributed by atoms with Crippen molar-refractivity contribution < 1.29 is 14.6 Å². The summed E-state index contributed by atoms with van der Waals surface area (Å²) in [4.78, 5) is 17.3. The summed E-state index contributed by atoms with van der Waals surface area (Å²) in [6.07, 6.45) is 1.51. The summed E-state index contributed by atoms with van der Waals surface area (Å²) in [5.41, 5.74) is 0. The molecule has 1 unspecified atom stereocenters. The first kappa shape index (κ1) is 13.3. The highest BCUT2D eigenvalue weighted by atomic mass is 32.1. The van der Waals surface area contributed by atoms with Crippen molar-refractivity contribution in [3.63, 3.8) is 0 Å². The van der Waals surface area contributed by atoms with Gasteiger partial charge in [-0.05, 0) is 6.54 Å². The quantitative estimate of drug-likeness (QED) is 0.831. The molecule has 0 radical (unpaired) electrons. The lowest BCUT2D eigenvalue weighted by Gasteiger charge is -2.32. The highest BCUT2D eigenvalue weighted by molar-refractivity contribution is 7.17. The van der Waals surface area contributed by atoms with Gasteiger partial charge < -0.3 is 15.2 Å². The third kappa shape index (κ3) is 3.41. The summed E-state index contributed by atoms with van der Waals surface area (Å²) >= 11 is 1.15. The number of nitrogens with zero attached hydrogens (tertiary/aromatic N) is 2. The van der Waals surface area contributed by atoms with Crippen molar-refractivity contribution in [1.29, 1.82) is 0 Å². The lowest BCUT2D eigenvalue weighted by molar-refractivity contribution is -0.0191. The third-order valence-corrected chi connectivity index (χ3v) is 3.81. The largest absolute Gasteiger partial charge is 0.477 e. The fourth-order valence-electron chi connectivity index (χ4n) is 1.85. The number of morpholine rings is 1. The minimum absolute atomic E-state index is 0.135. The van der Waals surface area contributed by atoms with Crippen LogP contribution in [0, 0.1) is 0 Å². The Labute approximate surface area is 110 Å². The molecule has 0 saturated carbocycles. The number of nitrogens with one attached hydrogen (secondary N) is 1. The first-order chi connectivity index (χ1) is 8.69. The number of anilines is 1. The van der Waals surface area contributed by atoms with E-state index in [1.54, 1.807) is 0 Å². The van der Waals surface area contributed by atoms with Crippen molar-refractivity contribution in [2.45, 2.75) is 13.0 Å². The summed E-state index contributed by atoms with van der Waals surface area (Å²) in [6.45, 7) is 6.45. The van der Waals surface area contributed by atoms with Crippen LogP contribution in [0.1, 0.15) is 16.6 Å². The minimum atomic E-state index is -0.938. The van der Waals surface area contributed by atoms with Gasteiger partial charge in [0.15, 0.2) is 5.13 Å². The van der Waals surface area contributed by atoms with Gasteiger partial charge in [0, 0.05) is 19.6 Å². The topological polar surface area (TPSA) is 74.7 Å². The zero-order valence-electron chi connectivity index (χ0n) is 10.3. The van der Waals surface area contributed by atoms with Crippen LogP contribution >= 0.6 is 11.3 Å². The number of rotatable bonds is 5.